The van der Waals surface area contributed by atoms with Crippen molar-refractivity contribution in [3.05, 3.63) is 32.1 Å². The number of hydrogen-bond acceptors (Lipinski definition) is 4. The number of nitrogens with one attached hydrogen (secondary N) is 1. The largest absolute Gasteiger partial charge is 0.345 e. The van der Waals surface area contributed by atoms with Gasteiger partial charge in [-0.05, 0) is 25.0 Å². The van der Waals surface area contributed by atoms with Gasteiger partial charge in [-0.3, -0.25) is 14.4 Å². The third-order valence-corrected chi connectivity index (χ3v) is 6.94. The molecule has 148 valence electrons. The minimum absolute atomic E-state index is 0.134. The van der Waals surface area contributed by atoms with E-state index >= 15 is 0 Å². The summed E-state index contributed by atoms with van der Waals surface area (Å²) in [6, 6.07) is 3.45. The second-order valence-corrected chi connectivity index (χ2v) is 9.11. The first-order valence-electron chi connectivity index (χ1n) is 8.81. The van der Waals surface area contributed by atoms with Crippen molar-refractivity contribution in [3.63, 3.8) is 0 Å². The highest BCUT2D eigenvalue weighted by atomic mass is 35.5. The first-order valence-corrected chi connectivity index (χ1v) is 10.8. The predicted octanol–water partition coefficient (Wildman–Crippen LogP) is 3.42. The van der Waals surface area contributed by atoms with Gasteiger partial charge in [-0.15, -0.1) is 11.3 Å². The molecule has 10 heteroatoms. The molecule has 1 aromatic heterocycles. The summed E-state index contributed by atoms with van der Waals surface area (Å²) in [5.41, 5.74) is 0. The molecule has 0 bridgehead atoms. The molecule has 2 fully saturated rings. The third kappa shape index (κ3) is 3.81. The molecule has 0 atom stereocenters. The lowest BCUT2D eigenvalue weighted by atomic mass is 10.2. The van der Waals surface area contributed by atoms with Crippen molar-refractivity contribution in [2.45, 2.75) is 18.9 Å². The highest BCUT2D eigenvalue weighted by Gasteiger charge is 2.32. The van der Waals surface area contributed by atoms with Crippen molar-refractivity contribution >= 4 is 73.9 Å². The Bertz CT molecular complexity index is 981. The first kappa shape index (κ1) is 19.8. The summed E-state index contributed by atoms with van der Waals surface area (Å²) < 4.78 is 0.747. The van der Waals surface area contributed by atoms with E-state index in [4.69, 9.17) is 34.8 Å². The van der Waals surface area contributed by atoms with Crippen LogP contribution in [0.15, 0.2) is 12.1 Å². The SMILES string of the molecule is O=C(NC1CC1)C(=O)N1CCN(C(=O)c2sc3cc(Cl)cc(Cl)c3c2Cl)CC1. The average molecular weight is 461 g/mol. The van der Waals surface area contributed by atoms with Crippen molar-refractivity contribution in [3.8, 4) is 0 Å². The van der Waals surface area contributed by atoms with Crippen molar-refractivity contribution < 1.29 is 14.4 Å². The Morgan fingerprint density at radius 3 is 2.29 bits per heavy atom. The number of amides is 3. The molecule has 1 saturated heterocycles. The standard InChI is InChI=1S/C18H16Cl3N3O3S/c19-9-7-11(20)13-12(8-9)28-15(14(13)21)17(26)23-3-5-24(6-4-23)18(27)16(25)22-10-1-2-10/h7-8,10H,1-6H2,(H,22,25). The van der Waals surface area contributed by atoms with E-state index in [2.05, 4.69) is 5.32 Å². The number of rotatable bonds is 2. The number of carbonyl (C=O) groups excluding carboxylic acids is 3. The van der Waals surface area contributed by atoms with Crippen molar-refractivity contribution in [2.24, 2.45) is 0 Å². The number of carbonyl (C=O) groups is 3. The lowest BCUT2D eigenvalue weighted by Crippen LogP contribution is -2.54. The van der Waals surface area contributed by atoms with Crippen molar-refractivity contribution in [2.75, 3.05) is 26.2 Å². The highest BCUT2D eigenvalue weighted by Crippen LogP contribution is 2.41. The maximum Gasteiger partial charge on any atom is 0.312 e. The van der Waals surface area contributed by atoms with E-state index in [0.29, 0.717) is 51.5 Å². The smallest absolute Gasteiger partial charge is 0.312 e. The fourth-order valence-corrected chi connectivity index (χ4v) is 5.47. The first-order chi connectivity index (χ1) is 13.3. The molecule has 28 heavy (non-hydrogen) atoms. The number of benzene rings is 1. The van der Waals surface area contributed by atoms with Crippen LogP contribution >= 0.6 is 46.1 Å². The van der Waals surface area contributed by atoms with E-state index < -0.39 is 11.8 Å². The number of hydrogen-bond donors (Lipinski definition) is 1. The third-order valence-electron chi connectivity index (χ3n) is 4.80. The van der Waals surface area contributed by atoms with Gasteiger partial charge in [0.05, 0.1) is 10.0 Å². The normalized spacial score (nSPS) is 17.1. The number of nitrogens with zero attached hydrogens (tertiary/aromatic N) is 2. The second-order valence-electron chi connectivity index (χ2n) is 6.84. The predicted molar refractivity (Wildman–Crippen MR) is 111 cm³/mol. The van der Waals surface area contributed by atoms with E-state index in [9.17, 15) is 14.4 Å². The number of halogens is 3. The summed E-state index contributed by atoms with van der Waals surface area (Å²) in [6.07, 6.45) is 1.85. The monoisotopic (exact) mass is 459 g/mol. The molecule has 0 spiro atoms. The van der Waals surface area contributed by atoms with Crippen molar-refractivity contribution in [1.29, 1.82) is 0 Å². The van der Waals surface area contributed by atoms with Crippen molar-refractivity contribution in [1.82, 2.24) is 15.1 Å². The molecule has 2 aliphatic rings. The van der Waals surface area contributed by atoms with E-state index in [0.717, 1.165) is 17.5 Å². The van der Waals surface area contributed by atoms with E-state index in [1.54, 1.807) is 17.0 Å². The van der Waals surface area contributed by atoms with E-state index in [-0.39, 0.29) is 11.9 Å². The lowest BCUT2D eigenvalue weighted by molar-refractivity contribution is -0.146. The zero-order valence-electron chi connectivity index (χ0n) is 14.6. The van der Waals surface area contributed by atoms with Gasteiger partial charge >= 0.3 is 11.8 Å². The fourth-order valence-electron chi connectivity index (χ4n) is 3.12. The maximum atomic E-state index is 12.9. The molecular weight excluding hydrogens is 445 g/mol. The molecular formula is C18H16Cl3N3O3S. The molecule has 1 N–H and O–H groups in total. The molecule has 1 saturated carbocycles. The van der Waals surface area contributed by atoms with Gasteiger partial charge in [0.25, 0.3) is 5.91 Å². The van der Waals surface area contributed by atoms with Crippen LogP contribution < -0.4 is 5.32 Å². The lowest BCUT2D eigenvalue weighted by Gasteiger charge is -2.34. The Morgan fingerprint density at radius 2 is 1.64 bits per heavy atom. The van der Waals surface area contributed by atoms with Gasteiger partial charge < -0.3 is 15.1 Å². The molecule has 1 aromatic carbocycles. The fraction of sp³-hybridized carbons (Fsp3) is 0.389. The van der Waals surface area contributed by atoms with E-state index in [1.165, 1.54) is 16.2 Å². The molecule has 0 radical (unpaired) electrons. The summed E-state index contributed by atoms with van der Waals surface area (Å²) in [5, 5.41) is 4.50. The Labute approximate surface area is 180 Å². The molecule has 1 aliphatic carbocycles. The minimum Gasteiger partial charge on any atom is -0.345 e. The van der Waals surface area contributed by atoms with Gasteiger partial charge in [-0.25, -0.2) is 0 Å². The molecule has 6 nitrogen and oxygen atoms in total. The Kier molecular flexibility index (Phi) is 5.44. The van der Waals surface area contributed by atoms with Gasteiger partial charge in [0, 0.05) is 47.3 Å². The van der Waals surface area contributed by atoms with Crippen LogP contribution in [0.2, 0.25) is 15.1 Å². The maximum absolute atomic E-state index is 12.9. The molecule has 2 aromatic rings. The Balaban J connectivity index is 1.45. The molecule has 2 heterocycles. The minimum atomic E-state index is -0.568. The zero-order chi connectivity index (χ0) is 20.0. The van der Waals surface area contributed by atoms with Gasteiger partial charge in [-0.1, -0.05) is 34.8 Å². The number of piperazine rings is 1. The van der Waals surface area contributed by atoms with Crippen LogP contribution in [0.5, 0.6) is 0 Å². The quantitative estimate of drug-likeness (QED) is 0.698. The number of thiophene rings is 1. The highest BCUT2D eigenvalue weighted by molar-refractivity contribution is 7.21. The summed E-state index contributed by atoms with van der Waals surface area (Å²) >= 11 is 19.9. The average Bonchev–Trinajstić information content (AvgIpc) is 3.42. The van der Waals surface area contributed by atoms with Gasteiger partial charge in [0.1, 0.15) is 4.88 Å². The van der Waals surface area contributed by atoms with Crippen LogP contribution in [0.1, 0.15) is 22.5 Å². The van der Waals surface area contributed by atoms with E-state index in [1.807, 2.05) is 0 Å². The number of fused-ring (bicyclic) bond motifs is 1. The molecule has 1 aliphatic heterocycles. The van der Waals surface area contributed by atoms with Gasteiger partial charge in [0.15, 0.2) is 0 Å². The summed E-state index contributed by atoms with van der Waals surface area (Å²) in [5.74, 6) is -1.32. The van der Waals surface area contributed by atoms with Gasteiger partial charge in [0.2, 0.25) is 0 Å². The van der Waals surface area contributed by atoms with Crippen LogP contribution in [-0.2, 0) is 9.59 Å². The van der Waals surface area contributed by atoms with Crippen LogP contribution in [0, 0.1) is 0 Å². The Hall–Kier alpha value is -1.54. The molecule has 3 amide bonds. The summed E-state index contributed by atoms with van der Waals surface area (Å²) in [6.45, 7) is 1.27. The summed E-state index contributed by atoms with van der Waals surface area (Å²) in [4.78, 5) is 40.6. The molecule has 4 rings (SSSR count). The second kappa shape index (κ2) is 7.71. The van der Waals surface area contributed by atoms with Crippen LogP contribution in [-0.4, -0.2) is 59.7 Å². The zero-order valence-corrected chi connectivity index (χ0v) is 17.7. The van der Waals surface area contributed by atoms with Crippen LogP contribution in [0.4, 0.5) is 0 Å². The van der Waals surface area contributed by atoms with Crippen LogP contribution in [0.3, 0.4) is 0 Å². The van der Waals surface area contributed by atoms with Crippen LogP contribution in [0.25, 0.3) is 10.1 Å². The molecule has 0 unspecified atom stereocenters. The van der Waals surface area contributed by atoms with Gasteiger partial charge in [-0.2, -0.15) is 0 Å². The Morgan fingerprint density at radius 1 is 1.00 bits per heavy atom. The topological polar surface area (TPSA) is 69.7 Å². The summed E-state index contributed by atoms with van der Waals surface area (Å²) in [7, 11) is 0.